The number of nitrogens with one attached hydrogen (secondary N) is 1. The van der Waals surface area contributed by atoms with Gasteiger partial charge in [-0.2, -0.15) is 4.31 Å². The zero-order chi connectivity index (χ0) is 18.2. The van der Waals surface area contributed by atoms with Gasteiger partial charge in [-0.3, -0.25) is 14.5 Å². The molecule has 1 aromatic rings. The van der Waals surface area contributed by atoms with Gasteiger partial charge in [-0.1, -0.05) is 12.1 Å². The number of fused-ring (bicyclic) bond motifs is 1. The van der Waals surface area contributed by atoms with E-state index in [1.54, 1.807) is 24.3 Å². The summed E-state index contributed by atoms with van der Waals surface area (Å²) >= 11 is 0. The monoisotopic (exact) mass is 401 g/mol. The Hall–Kier alpha value is -1.48. The molecule has 0 aliphatic carbocycles. The van der Waals surface area contributed by atoms with Gasteiger partial charge in [-0.05, 0) is 32.4 Å². The first-order valence-electron chi connectivity index (χ1n) is 8.51. The molecule has 26 heavy (non-hydrogen) atoms. The van der Waals surface area contributed by atoms with Gasteiger partial charge in [0.05, 0.1) is 16.9 Å². The van der Waals surface area contributed by atoms with Crippen LogP contribution >= 0.6 is 12.4 Å². The van der Waals surface area contributed by atoms with Gasteiger partial charge in [-0.25, -0.2) is 8.42 Å². The van der Waals surface area contributed by atoms with Gasteiger partial charge < -0.3 is 5.32 Å². The number of piperazine rings is 1. The first kappa shape index (κ1) is 20.8. The number of carbonyl (C=O) groups is 2. The second-order valence-corrected chi connectivity index (χ2v) is 8.61. The number of halogens is 1. The fraction of sp³-hybridized carbons (Fsp3) is 0.529. The van der Waals surface area contributed by atoms with Crippen LogP contribution in [0.15, 0.2) is 24.3 Å². The highest BCUT2D eigenvalue weighted by Gasteiger charge is 2.36. The number of sulfonamides is 1. The summed E-state index contributed by atoms with van der Waals surface area (Å²) in [4.78, 5) is 25.7. The Morgan fingerprint density at radius 3 is 2.27 bits per heavy atom. The van der Waals surface area contributed by atoms with Crippen molar-refractivity contribution in [1.82, 2.24) is 14.5 Å². The number of imide groups is 1. The predicted molar refractivity (Wildman–Crippen MR) is 101 cm³/mol. The van der Waals surface area contributed by atoms with E-state index in [0.29, 0.717) is 24.2 Å². The van der Waals surface area contributed by atoms with Crippen molar-refractivity contribution in [1.29, 1.82) is 0 Å². The number of amides is 2. The molecule has 144 valence electrons. The molecule has 1 N–H and O–H groups in total. The number of benzene rings is 1. The maximum atomic E-state index is 12.6. The SMILES string of the molecule is CC1NCCN(S(=O)(=O)CCCN2C(=O)c3ccccc3C2=O)C1C.Cl. The summed E-state index contributed by atoms with van der Waals surface area (Å²) in [6.45, 7) is 5.04. The second-order valence-electron chi connectivity index (χ2n) is 6.57. The molecule has 1 fully saturated rings. The van der Waals surface area contributed by atoms with Crippen molar-refractivity contribution < 1.29 is 18.0 Å². The highest BCUT2D eigenvalue weighted by Crippen LogP contribution is 2.23. The van der Waals surface area contributed by atoms with Crippen LogP contribution in [0.5, 0.6) is 0 Å². The average Bonchev–Trinajstić information content (AvgIpc) is 2.82. The third-order valence-electron chi connectivity index (χ3n) is 5.00. The van der Waals surface area contributed by atoms with Crippen LogP contribution in [0.3, 0.4) is 0 Å². The van der Waals surface area contributed by atoms with Crippen molar-refractivity contribution in [3.8, 4) is 0 Å². The van der Waals surface area contributed by atoms with Crippen LogP contribution in [-0.2, 0) is 10.0 Å². The summed E-state index contributed by atoms with van der Waals surface area (Å²) in [7, 11) is -3.42. The maximum Gasteiger partial charge on any atom is 0.261 e. The van der Waals surface area contributed by atoms with Gasteiger partial charge in [0.25, 0.3) is 11.8 Å². The Morgan fingerprint density at radius 2 is 1.69 bits per heavy atom. The fourth-order valence-electron chi connectivity index (χ4n) is 3.38. The molecule has 0 radical (unpaired) electrons. The molecular formula is C17H24ClN3O4S. The Balaban J connectivity index is 0.00000243. The topological polar surface area (TPSA) is 86.8 Å². The molecule has 2 aliphatic rings. The van der Waals surface area contributed by atoms with Crippen LogP contribution in [-0.4, -0.2) is 66.9 Å². The highest BCUT2D eigenvalue weighted by atomic mass is 35.5. The van der Waals surface area contributed by atoms with Crippen molar-refractivity contribution in [3.05, 3.63) is 35.4 Å². The lowest BCUT2D eigenvalue weighted by molar-refractivity contribution is 0.0654. The molecule has 0 spiro atoms. The second kappa shape index (κ2) is 8.04. The molecule has 2 unspecified atom stereocenters. The Labute approximate surface area is 160 Å². The number of hydrogen-bond acceptors (Lipinski definition) is 5. The summed E-state index contributed by atoms with van der Waals surface area (Å²) in [6, 6.07) is 6.65. The zero-order valence-electron chi connectivity index (χ0n) is 14.8. The van der Waals surface area contributed by atoms with E-state index in [1.807, 2.05) is 13.8 Å². The summed E-state index contributed by atoms with van der Waals surface area (Å²) < 4.78 is 26.7. The molecule has 1 aromatic carbocycles. The molecule has 2 aliphatic heterocycles. The quantitative estimate of drug-likeness (QED) is 0.747. The molecule has 2 heterocycles. The standard InChI is InChI=1S/C17H23N3O4S.ClH/c1-12-13(2)20(10-8-18-12)25(23,24)11-5-9-19-16(21)14-6-3-4-7-15(14)17(19)22;/h3-4,6-7,12-13,18H,5,8-11H2,1-2H3;1H. The van der Waals surface area contributed by atoms with Gasteiger partial charge in [0.15, 0.2) is 0 Å². The van der Waals surface area contributed by atoms with Crippen molar-refractivity contribution in [2.45, 2.75) is 32.4 Å². The largest absolute Gasteiger partial charge is 0.311 e. The van der Waals surface area contributed by atoms with Gasteiger partial charge in [0, 0.05) is 31.7 Å². The molecule has 2 amide bonds. The van der Waals surface area contributed by atoms with Gasteiger partial charge in [0.1, 0.15) is 0 Å². The molecule has 0 saturated carbocycles. The van der Waals surface area contributed by atoms with Crippen molar-refractivity contribution in [2.24, 2.45) is 0 Å². The van der Waals surface area contributed by atoms with E-state index < -0.39 is 10.0 Å². The Kier molecular flexibility index (Phi) is 6.44. The molecular weight excluding hydrogens is 378 g/mol. The van der Waals surface area contributed by atoms with Crippen LogP contribution in [0.1, 0.15) is 41.0 Å². The van der Waals surface area contributed by atoms with E-state index in [-0.39, 0.29) is 55.0 Å². The summed E-state index contributed by atoms with van der Waals surface area (Å²) in [5.74, 6) is -0.762. The summed E-state index contributed by atoms with van der Waals surface area (Å²) in [5.41, 5.74) is 0.778. The number of carbonyl (C=O) groups excluding carboxylic acids is 2. The fourth-order valence-corrected chi connectivity index (χ4v) is 5.17. The number of rotatable bonds is 5. The molecule has 0 bridgehead atoms. The van der Waals surface area contributed by atoms with E-state index in [0.717, 1.165) is 4.90 Å². The van der Waals surface area contributed by atoms with Crippen molar-refractivity contribution in [3.63, 3.8) is 0 Å². The lowest BCUT2D eigenvalue weighted by atomic mass is 10.1. The maximum absolute atomic E-state index is 12.6. The van der Waals surface area contributed by atoms with Crippen LogP contribution in [0.25, 0.3) is 0 Å². The predicted octanol–water partition coefficient (Wildman–Crippen LogP) is 1.11. The molecule has 0 aromatic heterocycles. The van der Waals surface area contributed by atoms with Crippen molar-refractivity contribution in [2.75, 3.05) is 25.4 Å². The third-order valence-corrected chi connectivity index (χ3v) is 7.03. The smallest absolute Gasteiger partial charge is 0.261 e. The molecule has 9 heteroatoms. The van der Waals surface area contributed by atoms with E-state index in [4.69, 9.17) is 0 Å². The number of nitrogens with zero attached hydrogens (tertiary/aromatic N) is 2. The Bertz CT molecular complexity index is 764. The van der Waals surface area contributed by atoms with Gasteiger partial charge >= 0.3 is 0 Å². The molecule has 7 nitrogen and oxygen atoms in total. The van der Waals surface area contributed by atoms with E-state index >= 15 is 0 Å². The van der Waals surface area contributed by atoms with Crippen LogP contribution in [0, 0.1) is 0 Å². The normalized spacial score (nSPS) is 23.7. The third kappa shape index (κ3) is 3.78. The van der Waals surface area contributed by atoms with E-state index in [9.17, 15) is 18.0 Å². The highest BCUT2D eigenvalue weighted by molar-refractivity contribution is 7.89. The Morgan fingerprint density at radius 1 is 1.12 bits per heavy atom. The van der Waals surface area contributed by atoms with Crippen LogP contribution in [0.2, 0.25) is 0 Å². The zero-order valence-corrected chi connectivity index (χ0v) is 16.5. The minimum atomic E-state index is -3.42. The summed E-state index contributed by atoms with van der Waals surface area (Å²) in [6.07, 6.45) is 0.235. The average molecular weight is 402 g/mol. The minimum absolute atomic E-state index is 0. The lowest BCUT2D eigenvalue weighted by Crippen LogP contribution is -2.57. The molecule has 1 saturated heterocycles. The van der Waals surface area contributed by atoms with E-state index in [1.165, 1.54) is 4.31 Å². The number of hydrogen-bond donors (Lipinski definition) is 1. The van der Waals surface area contributed by atoms with Gasteiger partial charge in [-0.15, -0.1) is 12.4 Å². The van der Waals surface area contributed by atoms with E-state index in [2.05, 4.69) is 5.32 Å². The van der Waals surface area contributed by atoms with Crippen LogP contribution < -0.4 is 5.32 Å². The molecule has 2 atom stereocenters. The minimum Gasteiger partial charge on any atom is -0.311 e. The molecule has 3 rings (SSSR count). The van der Waals surface area contributed by atoms with Crippen molar-refractivity contribution >= 4 is 34.2 Å². The van der Waals surface area contributed by atoms with Gasteiger partial charge in [0.2, 0.25) is 10.0 Å². The lowest BCUT2D eigenvalue weighted by Gasteiger charge is -2.37. The first-order chi connectivity index (χ1) is 11.8. The van der Waals surface area contributed by atoms with Crippen LogP contribution in [0.4, 0.5) is 0 Å². The summed E-state index contributed by atoms with van der Waals surface area (Å²) in [5, 5.41) is 3.25. The first-order valence-corrected chi connectivity index (χ1v) is 10.1.